The predicted molar refractivity (Wildman–Crippen MR) is 78.4 cm³/mol. The molecule has 0 heterocycles. The van der Waals surface area contributed by atoms with Crippen molar-refractivity contribution in [2.24, 2.45) is 0 Å². The van der Waals surface area contributed by atoms with Crippen LogP contribution in [0.5, 0.6) is 11.5 Å². The number of ether oxygens (including phenoxy) is 2. The molecule has 2 aromatic carbocycles. The molecule has 6 heteroatoms. The van der Waals surface area contributed by atoms with Gasteiger partial charge in [0.15, 0.2) is 11.6 Å². The lowest BCUT2D eigenvalue weighted by Crippen LogP contribution is -2.05. The van der Waals surface area contributed by atoms with Crippen LogP contribution in [0.1, 0.15) is 15.9 Å². The van der Waals surface area contributed by atoms with Gasteiger partial charge in [-0.15, -0.1) is 0 Å². The Morgan fingerprint density at radius 3 is 2.76 bits per heavy atom. The average molecular weight is 355 g/mol. The molecule has 0 fully saturated rings. The van der Waals surface area contributed by atoms with E-state index in [1.807, 2.05) is 0 Å². The molecule has 0 aliphatic carbocycles. The van der Waals surface area contributed by atoms with Crippen molar-refractivity contribution in [2.45, 2.75) is 6.61 Å². The van der Waals surface area contributed by atoms with Crippen molar-refractivity contribution in [3.05, 3.63) is 57.8 Å². The van der Waals surface area contributed by atoms with Crippen molar-refractivity contribution >= 4 is 21.9 Å². The molecule has 1 N–H and O–H groups in total. The summed E-state index contributed by atoms with van der Waals surface area (Å²) in [6.45, 7) is 0.0129. The largest absolute Gasteiger partial charge is 0.497 e. The van der Waals surface area contributed by atoms with E-state index in [-0.39, 0.29) is 17.9 Å². The summed E-state index contributed by atoms with van der Waals surface area (Å²) in [5.74, 6) is -1.60. The quantitative estimate of drug-likeness (QED) is 0.885. The highest BCUT2D eigenvalue weighted by Gasteiger charge is 2.16. The third-order valence-electron chi connectivity index (χ3n) is 2.82. The zero-order chi connectivity index (χ0) is 15.4. The van der Waals surface area contributed by atoms with Crippen LogP contribution in [-0.4, -0.2) is 18.2 Å². The van der Waals surface area contributed by atoms with Gasteiger partial charge in [0.25, 0.3) is 0 Å². The number of carbonyl (C=O) groups is 1. The lowest BCUT2D eigenvalue weighted by atomic mass is 10.2. The molecule has 4 nitrogen and oxygen atoms in total. The van der Waals surface area contributed by atoms with Crippen molar-refractivity contribution in [2.75, 3.05) is 7.11 Å². The molecule has 0 aliphatic rings. The molecular weight excluding hydrogens is 343 g/mol. The van der Waals surface area contributed by atoms with Gasteiger partial charge in [-0.05, 0) is 30.3 Å². The summed E-state index contributed by atoms with van der Waals surface area (Å²) in [7, 11) is 1.53. The Bertz CT molecular complexity index is 673. The van der Waals surface area contributed by atoms with Crippen LogP contribution in [0.2, 0.25) is 0 Å². The average Bonchev–Trinajstić information content (AvgIpc) is 2.47. The van der Waals surface area contributed by atoms with Gasteiger partial charge >= 0.3 is 5.97 Å². The smallest absolute Gasteiger partial charge is 0.339 e. The van der Waals surface area contributed by atoms with Gasteiger partial charge in [-0.3, -0.25) is 0 Å². The molecule has 0 aliphatic heterocycles. The first kappa shape index (κ1) is 15.3. The fourth-order valence-electron chi connectivity index (χ4n) is 1.76. The van der Waals surface area contributed by atoms with Gasteiger partial charge in [0, 0.05) is 10.0 Å². The first-order chi connectivity index (χ1) is 10.0. The Labute approximate surface area is 129 Å². The molecule has 0 saturated heterocycles. The topological polar surface area (TPSA) is 55.8 Å². The summed E-state index contributed by atoms with van der Waals surface area (Å²) in [4.78, 5) is 11.1. The van der Waals surface area contributed by atoms with Gasteiger partial charge in [-0.25, -0.2) is 9.18 Å². The summed E-state index contributed by atoms with van der Waals surface area (Å²) in [5, 5.41) is 9.05. The highest BCUT2D eigenvalue weighted by Crippen LogP contribution is 2.27. The molecule has 0 unspecified atom stereocenters. The van der Waals surface area contributed by atoms with Gasteiger partial charge < -0.3 is 14.6 Å². The molecule has 0 saturated carbocycles. The van der Waals surface area contributed by atoms with Crippen LogP contribution in [0.4, 0.5) is 4.39 Å². The van der Waals surface area contributed by atoms with E-state index >= 15 is 0 Å². The second-order valence-corrected chi connectivity index (χ2v) is 5.02. The third-order valence-corrected chi connectivity index (χ3v) is 3.60. The second-order valence-electron chi connectivity index (χ2n) is 4.17. The number of halogens is 2. The highest BCUT2D eigenvalue weighted by atomic mass is 79.9. The molecular formula is C15H12BrFO4. The molecule has 2 rings (SSSR count). The van der Waals surface area contributed by atoms with Crippen molar-refractivity contribution < 1.29 is 23.8 Å². The van der Waals surface area contributed by atoms with Crippen LogP contribution in [0.25, 0.3) is 0 Å². The van der Waals surface area contributed by atoms with E-state index in [1.165, 1.54) is 19.2 Å². The Balaban J connectivity index is 2.26. The van der Waals surface area contributed by atoms with Crippen LogP contribution >= 0.6 is 15.9 Å². The number of carboxylic acid groups (broad SMARTS) is 1. The molecule has 2 aromatic rings. The van der Waals surface area contributed by atoms with E-state index in [9.17, 15) is 9.18 Å². The number of aromatic carboxylic acids is 1. The van der Waals surface area contributed by atoms with Gasteiger partial charge in [0.05, 0.1) is 7.11 Å². The van der Waals surface area contributed by atoms with Crippen molar-refractivity contribution in [1.82, 2.24) is 0 Å². The fourth-order valence-corrected chi connectivity index (χ4v) is 2.12. The number of hydrogen-bond donors (Lipinski definition) is 1. The zero-order valence-electron chi connectivity index (χ0n) is 11.1. The standard InChI is InChI=1S/C15H12BrFO4/c1-20-10-5-6-12(16)9(7-10)8-21-14-11(15(18)19)3-2-4-13(14)17/h2-7H,8H2,1H3,(H,18,19). The van der Waals surface area contributed by atoms with E-state index in [0.717, 1.165) is 10.5 Å². The molecule has 0 aromatic heterocycles. The number of para-hydroxylation sites is 1. The van der Waals surface area contributed by atoms with Crippen LogP contribution in [0.15, 0.2) is 40.9 Å². The summed E-state index contributed by atoms with van der Waals surface area (Å²) in [5.41, 5.74) is 0.503. The van der Waals surface area contributed by atoms with Gasteiger partial charge in [-0.1, -0.05) is 22.0 Å². The molecule has 0 atom stereocenters. The Hall–Kier alpha value is -2.08. The predicted octanol–water partition coefficient (Wildman–Crippen LogP) is 3.87. The van der Waals surface area contributed by atoms with Gasteiger partial charge in [0.1, 0.15) is 17.9 Å². The molecule has 110 valence electrons. The van der Waals surface area contributed by atoms with E-state index in [2.05, 4.69) is 15.9 Å². The molecule has 0 bridgehead atoms. The van der Waals surface area contributed by atoms with Crippen molar-refractivity contribution in [1.29, 1.82) is 0 Å². The maximum atomic E-state index is 13.7. The summed E-state index contributed by atoms with van der Waals surface area (Å²) in [6.07, 6.45) is 0. The molecule has 0 amide bonds. The van der Waals surface area contributed by atoms with Crippen LogP contribution in [0.3, 0.4) is 0 Å². The minimum atomic E-state index is -1.24. The fraction of sp³-hybridized carbons (Fsp3) is 0.133. The highest BCUT2D eigenvalue weighted by molar-refractivity contribution is 9.10. The minimum Gasteiger partial charge on any atom is -0.497 e. The minimum absolute atomic E-state index is 0.0129. The van der Waals surface area contributed by atoms with E-state index < -0.39 is 11.8 Å². The zero-order valence-corrected chi connectivity index (χ0v) is 12.7. The first-order valence-corrected chi connectivity index (χ1v) is 6.79. The lowest BCUT2D eigenvalue weighted by molar-refractivity contribution is 0.0690. The second kappa shape index (κ2) is 6.58. The van der Waals surface area contributed by atoms with Crippen LogP contribution in [0, 0.1) is 5.82 Å². The van der Waals surface area contributed by atoms with Crippen molar-refractivity contribution in [3.63, 3.8) is 0 Å². The number of hydrogen-bond acceptors (Lipinski definition) is 3. The third kappa shape index (κ3) is 3.52. The maximum Gasteiger partial charge on any atom is 0.339 e. The van der Waals surface area contributed by atoms with Gasteiger partial charge in [0.2, 0.25) is 0 Å². The monoisotopic (exact) mass is 354 g/mol. The van der Waals surface area contributed by atoms with Crippen LogP contribution < -0.4 is 9.47 Å². The SMILES string of the molecule is COc1ccc(Br)c(COc2c(F)cccc2C(=O)O)c1. The lowest BCUT2D eigenvalue weighted by Gasteiger charge is -2.12. The van der Waals surface area contributed by atoms with Crippen molar-refractivity contribution in [3.8, 4) is 11.5 Å². The number of carboxylic acids is 1. The first-order valence-electron chi connectivity index (χ1n) is 6.00. The molecule has 21 heavy (non-hydrogen) atoms. The number of benzene rings is 2. The maximum absolute atomic E-state index is 13.7. The Kier molecular flexibility index (Phi) is 4.80. The number of methoxy groups -OCH3 is 1. The van der Waals surface area contributed by atoms with Gasteiger partial charge in [-0.2, -0.15) is 0 Å². The molecule has 0 radical (unpaired) electrons. The van der Waals surface area contributed by atoms with Crippen LogP contribution in [-0.2, 0) is 6.61 Å². The van der Waals surface area contributed by atoms with E-state index in [4.69, 9.17) is 14.6 Å². The Morgan fingerprint density at radius 2 is 2.10 bits per heavy atom. The molecule has 0 spiro atoms. The summed E-state index contributed by atoms with van der Waals surface area (Å²) >= 11 is 3.35. The summed E-state index contributed by atoms with van der Waals surface area (Å²) in [6, 6.07) is 9.04. The Morgan fingerprint density at radius 1 is 1.33 bits per heavy atom. The summed E-state index contributed by atoms with van der Waals surface area (Å²) < 4.78 is 25.0. The number of rotatable bonds is 5. The van der Waals surface area contributed by atoms with E-state index in [0.29, 0.717) is 11.3 Å². The van der Waals surface area contributed by atoms with E-state index in [1.54, 1.807) is 18.2 Å². The normalized spacial score (nSPS) is 10.2.